The van der Waals surface area contributed by atoms with Crippen molar-refractivity contribution in [3.63, 3.8) is 0 Å². The zero-order valence-corrected chi connectivity index (χ0v) is 33.1. The molecule has 6 heteroatoms. The van der Waals surface area contributed by atoms with Crippen molar-refractivity contribution < 1.29 is 28.6 Å². The molecule has 0 aliphatic rings. The first-order valence-corrected chi connectivity index (χ1v) is 20.8. The third kappa shape index (κ3) is 38.2. The molecule has 1 atom stereocenters. The van der Waals surface area contributed by atoms with Gasteiger partial charge in [-0.2, -0.15) is 0 Å². The Kier molecular flexibility index (Phi) is 37.6. The van der Waals surface area contributed by atoms with Gasteiger partial charge in [-0.05, 0) is 57.8 Å². The van der Waals surface area contributed by atoms with E-state index >= 15 is 0 Å². The Balaban J connectivity index is 4.40. The van der Waals surface area contributed by atoms with Crippen molar-refractivity contribution >= 4 is 17.9 Å². The topological polar surface area (TPSA) is 78.9 Å². The molecule has 0 fully saturated rings. The predicted molar refractivity (Wildman–Crippen MR) is 215 cm³/mol. The minimum absolute atomic E-state index is 0.0909. The van der Waals surface area contributed by atoms with Gasteiger partial charge in [-0.25, -0.2) is 0 Å². The normalized spacial score (nSPS) is 12.6. The lowest BCUT2D eigenvalue weighted by molar-refractivity contribution is -0.167. The summed E-state index contributed by atoms with van der Waals surface area (Å²) in [5, 5.41) is 0. The molecule has 0 aromatic carbocycles. The molecule has 51 heavy (non-hydrogen) atoms. The van der Waals surface area contributed by atoms with Gasteiger partial charge in [-0.3, -0.25) is 14.4 Å². The first-order chi connectivity index (χ1) is 25.0. The van der Waals surface area contributed by atoms with E-state index in [-0.39, 0.29) is 37.5 Å². The predicted octanol–water partition coefficient (Wildman–Crippen LogP) is 13.0. The molecule has 0 aliphatic heterocycles. The minimum Gasteiger partial charge on any atom is -0.462 e. The third-order valence-electron chi connectivity index (χ3n) is 8.54. The molecular formula is C45H76O6. The maximum atomic E-state index is 12.6. The summed E-state index contributed by atoms with van der Waals surface area (Å²) in [6.45, 7) is 6.38. The van der Waals surface area contributed by atoms with E-state index in [1.807, 2.05) is 0 Å². The van der Waals surface area contributed by atoms with Gasteiger partial charge in [0, 0.05) is 19.3 Å². The standard InChI is InChI=1S/C45H76O6/c1-4-7-10-13-16-19-20-21-22-23-24-25-26-27-30-32-35-38-44(47)50-41-42(51-45(48)39-36-33-29-18-15-12-9-6-3)40-49-43(46)37-34-31-28-17-14-11-8-5-2/h7,10,16,19,21-22,24-25,27,30,42H,4-6,8-9,11-15,17-18,20,23,26,28-29,31-41H2,1-3H3/b10-7-,19-16-,22-21-,25-24-,30-27-. The van der Waals surface area contributed by atoms with Gasteiger partial charge in [0.05, 0.1) is 0 Å². The Morgan fingerprint density at radius 1 is 0.412 bits per heavy atom. The van der Waals surface area contributed by atoms with Crippen LogP contribution in [-0.2, 0) is 28.6 Å². The van der Waals surface area contributed by atoms with Gasteiger partial charge in [0.2, 0.25) is 0 Å². The second kappa shape index (κ2) is 39.9. The van der Waals surface area contributed by atoms with Gasteiger partial charge >= 0.3 is 17.9 Å². The van der Waals surface area contributed by atoms with Crippen LogP contribution in [-0.4, -0.2) is 37.2 Å². The molecule has 0 heterocycles. The molecule has 0 rings (SSSR count). The quantitative estimate of drug-likeness (QED) is 0.0278. The largest absolute Gasteiger partial charge is 0.462 e. The molecule has 0 aliphatic carbocycles. The minimum atomic E-state index is -0.788. The SMILES string of the molecule is CC/C=C\C/C=C\C/C=C\C/C=C\C/C=C\CCCC(=O)OCC(COC(=O)CCCCCCCCCC)OC(=O)CCCCCCCCCC. The van der Waals surface area contributed by atoms with E-state index in [0.717, 1.165) is 77.0 Å². The number of ether oxygens (including phenoxy) is 3. The molecule has 0 saturated heterocycles. The summed E-state index contributed by atoms with van der Waals surface area (Å²) in [7, 11) is 0. The van der Waals surface area contributed by atoms with Crippen LogP contribution in [0.4, 0.5) is 0 Å². The number of rotatable bonds is 36. The Hall–Kier alpha value is -2.89. The molecule has 0 radical (unpaired) electrons. The van der Waals surface area contributed by atoms with Crippen molar-refractivity contribution in [1.29, 1.82) is 0 Å². The zero-order chi connectivity index (χ0) is 37.3. The number of carbonyl (C=O) groups is 3. The molecule has 1 unspecified atom stereocenters. The summed E-state index contributed by atoms with van der Waals surface area (Å²) in [6.07, 6.45) is 46.5. The molecule has 0 aromatic heterocycles. The van der Waals surface area contributed by atoms with E-state index in [0.29, 0.717) is 19.3 Å². The first kappa shape index (κ1) is 48.1. The van der Waals surface area contributed by atoms with Crippen molar-refractivity contribution in [2.45, 2.75) is 194 Å². The zero-order valence-electron chi connectivity index (χ0n) is 33.1. The van der Waals surface area contributed by atoms with E-state index in [4.69, 9.17) is 14.2 Å². The molecule has 0 bridgehead atoms. The monoisotopic (exact) mass is 713 g/mol. The van der Waals surface area contributed by atoms with Gasteiger partial charge in [0.25, 0.3) is 0 Å². The highest BCUT2D eigenvalue weighted by Gasteiger charge is 2.19. The number of hydrogen-bond donors (Lipinski definition) is 0. The number of hydrogen-bond acceptors (Lipinski definition) is 6. The molecule has 292 valence electrons. The average Bonchev–Trinajstić information content (AvgIpc) is 3.12. The van der Waals surface area contributed by atoms with Gasteiger partial charge in [0.15, 0.2) is 6.10 Å². The van der Waals surface area contributed by atoms with E-state index in [1.54, 1.807) is 0 Å². The molecular weight excluding hydrogens is 636 g/mol. The summed E-state index contributed by atoms with van der Waals surface area (Å²) >= 11 is 0. The maximum absolute atomic E-state index is 12.6. The molecule has 0 saturated carbocycles. The Morgan fingerprint density at radius 3 is 1.20 bits per heavy atom. The van der Waals surface area contributed by atoms with Gasteiger partial charge < -0.3 is 14.2 Å². The first-order valence-electron chi connectivity index (χ1n) is 20.8. The molecule has 6 nitrogen and oxygen atoms in total. The Morgan fingerprint density at radius 2 is 0.765 bits per heavy atom. The summed E-state index contributed by atoms with van der Waals surface area (Å²) in [5.41, 5.74) is 0. The number of allylic oxidation sites excluding steroid dienone is 10. The van der Waals surface area contributed by atoms with Crippen LogP contribution in [0.2, 0.25) is 0 Å². The Labute approximate surface area is 313 Å². The smallest absolute Gasteiger partial charge is 0.306 e. The molecule has 0 N–H and O–H groups in total. The van der Waals surface area contributed by atoms with Crippen molar-refractivity contribution in [3.8, 4) is 0 Å². The van der Waals surface area contributed by atoms with Crippen LogP contribution in [0, 0.1) is 0 Å². The highest BCUT2D eigenvalue weighted by Crippen LogP contribution is 2.13. The van der Waals surface area contributed by atoms with Crippen molar-refractivity contribution in [3.05, 3.63) is 60.8 Å². The van der Waals surface area contributed by atoms with Gasteiger partial charge in [-0.15, -0.1) is 0 Å². The number of carbonyl (C=O) groups excluding carboxylic acids is 3. The second-order valence-electron chi connectivity index (χ2n) is 13.5. The summed E-state index contributed by atoms with van der Waals surface area (Å²) in [6, 6.07) is 0. The highest BCUT2D eigenvalue weighted by molar-refractivity contribution is 5.71. The molecule has 0 aromatic rings. The Bertz CT molecular complexity index is 960. The number of unbranched alkanes of at least 4 members (excludes halogenated alkanes) is 15. The maximum Gasteiger partial charge on any atom is 0.306 e. The fraction of sp³-hybridized carbons (Fsp3) is 0.711. The molecule has 0 amide bonds. The summed E-state index contributed by atoms with van der Waals surface area (Å²) in [5.74, 6) is -0.968. The van der Waals surface area contributed by atoms with Crippen molar-refractivity contribution in [2.75, 3.05) is 13.2 Å². The second-order valence-corrected chi connectivity index (χ2v) is 13.5. The lowest BCUT2D eigenvalue weighted by Crippen LogP contribution is -2.30. The van der Waals surface area contributed by atoms with Gasteiger partial charge in [-0.1, -0.05) is 171 Å². The van der Waals surface area contributed by atoms with E-state index in [2.05, 4.69) is 81.5 Å². The van der Waals surface area contributed by atoms with Crippen LogP contribution in [0.1, 0.15) is 188 Å². The van der Waals surface area contributed by atoms with E-state index < -0.39 is 6.10 Å². The van der Waals surface area contributed by atoms with E-state index in [1.165, 1.54) is 64.2 Å². The third-order valence-corrected chi connectivity index (χ3v) is 8.54. The average molecular weight is 713 g/mol. The summed E-state index contributed by atoms with van der Waals surface area (Å²) < 4.78 is 16.5. The van der Waals surface area contributed by atoms with Crippen LogP contribution in [0.3, 0.4) is 0 Å². The lowest BCUT2D eigenvalue weighted by Gasteiger charge is -2.18. The van der Waals surface area contributed by atoms with Crippen LogP contribution < -0.4 is 0 Å². The van der Waals surface area contributed by atoms with Crippen LogP contribution in [0.15, 0.2) is 60.8 Å². The van der Waals surface area contributed by atoms with Crippen LogP contribution >= 0.6 is 0 Å². The van der Waals surface area contributed by atoms with E-state index in [9.17, 15) is 14.4 Å². The van der Waals surface area contributed by atoms with Crippen LogP contribution in [0.5, 0.6) is 0 Å². The summed E-state index contributed by atoms with van der Waals surface area (Å²) in [4.78, 5) is 37.4. The highest BCUT2D eigenvalue weighted by atomic mass is 16.6. The van der Waals surface area contributed by atoms with Crippen LogP contribution in [0.25, 0.3) is 0 Å². The fourth-order valence-corrected chi connectivity index (χ4v) is 5.42. The molecule has 0 spiro atoms. The fourth-order valence-electron chi connectivity index (χ4n) is 5.42. The lowest BCUT2D eigenvalue weighted by atomic mass is 10.1. The van der Waals surface area contributed by atoms with Gasteiger partial charge in [0.1, 0.15) is 13.2 Å². The number of esters is 3. The van der Waals surface area contributed by atoms with Crippen molar-refractivity contribution in [2.24, 2.45) is 0 Å². The van der Waals surface area contributed by atoms with Crippen molar-refractivity contribution in [1.82, 2.24) is 0 Å².